The van der Waals surface area contributed by atoms with Gasteiger partial charge in [0, 0.05) is 80.1 Å². The van der Waals surface area contributed by atoms with Crippen LogP contribution in [0.25, 0.3) is 11.5 Å². The van der Waals surface area contributed by atoms with Gasteiger partial charge in [-0.05, 0) is 74.6 Å². The topological polar surface area (TPSA) is 227 Å². The Hall–Kier alpha value is -6.58. The molecule has 6 N–H and O–H groups in total. The molecule has 1 saturated heterocycles. The number of aldehydes is 1. The molecule has 4 aliphatic rings. The van der Waals surface area contributed by atoms with Gasteiger partial charge in [-0.1, -0.05) is 37.0 Å². The molecule has 3 atom stereocenters. The number of fused-ring (bicyclic) bond motifs is 2. The number of anilines is 2. The third kappa shape index (κ3) is 9.95. The summed E-state index contributed by atoms with van der Waals surface area (Å²) in [4.78, 5) is 63.9. The van der Waals surface area contributed by atoms with E-state index >= 15 is 0 Å². The zero-order chi connectivity index (χ0) is 45.0. The normalized spacial score (nSPS) is 19.0. The highest BCUT2D eigenvalue weighted by molar-refractivity contribution is 6.00. The van der Waals surface area contributed by atoms with Crippen LogP contribution >= 0.6 is 0 Å². The maximum Gasteiger partial charge on any atom is 0.339 e. The van der Waals surface area contributed by atoms with E-state index in [1.807, 2.05) is 43.4 Å². The van der Waals surface area contributed by atoms with Crippen molar-refractivity contribution < 1.29 is 38.8 Å². The number of amides is 2. The number of aliphatic hydroxyl groups is 1. The van der Waals surface area contributed by atoms with Crippen LogP contribution in [-0.2, 0) is 32.9 Å². The maximum absolute atomic E-state index is 13.0. The van der Waals surface area contributed by atoms with Gasteiger partial charge in [0.1, 0.15) is 23.5 Å². The second kappa shape index (κ2) is 19.0. The third-order valence-corrected chi connectivity index (χ3v) is 12.1. The number of aromatic nitrogens is 4. The van der Waals surface area contributed by atoms with Crippen molar-refractivity contribution in [2.75, 3.05) is 51.2 Å². The smallest absolute Gasteiger partial charge is 0.339 e. The number of nitrogens with one attached hydrogen (secondary N) is 1. The standard InChI is InChI=1S/C47H52N10O7/c1-29-6-4-8-31(22-29)39(28-59)51-42-37(25-49-46(52-42)50-33-10-13-36-38(24-33)47(2,3)64-45(36)62)43-54-53-41(63-43)15-17-56-20-18-55(19-21-56)16-5-7-30-9-12-35-32(23-30)26-57(44(35)61)34(27-58)11-14-40(48)60/h4,8-10,12-13,22-25,27,29,34,39,59H,6,11,14-21,26,28H2,1-3H3,(H2,48,60)(H2,49,50,51,52)/p+1. The van der Waals surface area contributed by atoms with Crippen molar-refractivity contribution in [3.8, 4) is 23.3 Å². The van der Waals surface area contributed by atoms with Crippen LogP contribution in [0, 0.1) is 17.8 Å². The summed E-state index contributed by atoms with van der Waals surface area (Å²) in [6, 6.07) is 9.83. The van der Waals surface area contributed by atoms with Crippen molar-refractivity contribution in [3.05, 3.63) is 100 Å². The Labute approximate surface area is 371 Å². The van der Waals surface area contributed by atoms with Crippen LogP contribution in [-0.4, -0.2) is 122 Å². The molecular weight excluding hydrogens is 817 g/mol. The largest absolute Gasteiger partial charge is 0.451 e. The number of hydrogen-bond donors (Lipinski definition) is 4. The number of carbonyl (C=O) groups is 4. The third-order valence-electron chi connectivity index (χ3n) is 12.1. The highest BCUT2D eigenvalue weighted by Crippen LogP contribution is 2.38. The number of allylic oxidation sites excluding steroid dienone is 2. The Morgan fingerprint density at radius 3 is 2.66 bits per heavy atom. The van der Waals surface area contributed by atoms with Crippen LogP contribution in [0.2, 0.25) is 0 Å². The number of quaternary nitrogens is 1. The molecule has 0 spiro atoms. The second-order valence-electron chi connectivity index (χ2n) is 17.2. The number of nitrogens with zero attached hydrogens (tertiary/aromatic N) is 7. The fourth-order valence-corrected chi connectivity index (χ4v) is 8.50. The molecule has 2 aromatic carbocycles. The van der Waals surface area contributed by atoms with E-state index in [1.165, 1.54) is 4.90 Å². The number of rotatable bonds is 16. The predicted octanol–water partition coefficient (Wildman–Crippen LogP) is 2.75. The Kier molecular flexibility index (Phi) is 13.1. The fourth-order valence-electron chi connectivity index (χ4n) is 8.50. The van der Waals surface area contributed by atoms with Crippen molar-refractivity contribution in [2.45, 2.75) is 70.7 Å². The second-order valence-corrected chi connectivity index (χ2v) is 17.2. The zero-order valence-electron chi connectivity index (χ0n) is 36.3. The molecule has 8 rings (SSSR count). The van der Waals surface area contributed by atoms with E-state index in [0.29, 0.717) is 65.2 Å². The summed E-state index contributed by atoms with van der Waals surface area (Å²) in [6.45, 7) is 10.7. The highest BCUT2D eigenvalue weighted by Gasteiger charge is 2.38. The van der Waals surface area contributed by atoms with Gasteiger partial charge in [0.25, 0.3) is 11.8 Å². The Morgan fingerprint density at radius 1 is 1.09 bits per heavy atom. The first-order valence-electron chi connectivity index (χ1n) is 21.7. The van der Waals surface area contributed by atoms with Gasteiger partial charge in [-0.3, -0.25) is 19.8 Å². The van der Waals surface area contributed by atoms with Gasteiger partial charge in [0.15, 0.2) is 0 Å². The quantitative estimate of drug-likeness (QED) is 0.0722. The summed E-state index contributed by atoms with van der Waals surface area (Å²) in [7, 11) is 0. The molecule has 1 fully saturated rings. The minimum absolute atomic E-state index is 0.0324. The number of aliphatic hydroxyl groups excluding tert-OH is 1. The van der Waals surface area contributed by atoms with Gasteiger partial charge >= 0.3 is 5.97 Å². The molecule has 17 heteroatoms. The number of hydrogen-bond acceptors (Lipinski definition) is 14. The van der Waals surface area contributed by atoms with E-state index in [4.69, 9.17) is 19.9 Å². The van der Waals surface area contributed by atoms with Gasteiger partial charge in [0.05, 0.1) is 31.0 Å². The number of esters is 1. The van der Waals surface area contributed by atoms with Crippen LogP contribution in [0.1, 0.15) is 83.3 Å². The predicted molar refractivity (Wildman–Crippen MR) is 235 cm³/mol. The van der Waals surface area contributed by atoms with Gasteiger partial charge in [-0.25, -0.2) is 9.78 Å². The Morgan fingerprint density at radius 2 is 1.89 bits per heavy atom. The molecule has 3 unspecified atom stereocenters. The molecule has 64 heavy (non-hydrogen) atoms. The summed E-state index contributed by atoms with van der Waals surface area (Å²) in [6.07, 6.45) is 10.4. The highest BCUT2D eigenvalue weighted by atomic mass is 16.6. The zero-order valence-corrected chi connectivity index (χ0v) is 36.3. The van der Waals surface area contributed by atoms with E-state index in [0.717, 1.165) is 61.4 Å². The van der Waals surface area contributed by atoms with Crippen molar-refractivity contribution in [1.29, 1.82) is 0 Å². The van der Waals surface area contributed by atoms with E-state index in [1.54, 1.807) is 24.4 Å². The number of ether oxygens (including phenoxy) is 1. The lowest BCUT2D eigenvalue weighted by Crippen LogP contribution is -2.86. The lowest BCUT2D eigenvalue weighted by atomic mass is 9.94. The summed E-state index contributed by atoms with van der Waals surface area (Å²) < 4.78 is 11.8. The summed E-state index contributed by atoms with van der Waals surface area (Å²) in [5, 5.41) is 24.5. The molecule has 3 aliphatic heterocycles. The number of carbonyl (C=O) groups excluding carboxylic acids is 4. The van der Waals surface area contributed by atoms with E-state index < -0.39 is 17.6 Å². The van der Waals surface area contributed by atoms with Crippen LogP contribution in [0.5, 0.6) is 0 Å². The number of cyclic esters (lactones) is 1. The molecule has 0 saturated carbocycles. The molecular formula is C47H53N10O7+. The Balaban J connectivity index is 0.877. The van der Waals surface area contributed by atoms with Crippen LogP contribution in [0.4, 0.5) is 17.5 Å². The summed E-state index contributed by atoms with van der Waals surface area (Å²) in [5.41, 5.74) is 10.2. The minimum Gasteiger partial charge on any atom is -0.451 e. The molecule has 17 nitrogen and oxygen atoms in total. The Bertz CT molecular complexity index is 2570. The average Bonchev–Trinajstić information content (AvgIpc) is 3.95. The van der Waals surface area contributed by atoms with Crippen molar-refractivity contribution in [3.63, 3.8) is 0 Å². The van der Waals surface area contributed by atoms with Gasteiger partial charge in [0.2, 0.25) is 23.6 Å². The van der Waals surface area contributed by atoms with Crippen molar-refractivity contribution in [1.82, 2.24) is 34.9 Å². The minimum atomic E-state index is -0.761. The van der Waals surface area contributed by atoms with Crippen LogP contribution in [0.15, 0.2) is 70.8 Å². The molecule has 0 bridgehead atoms. The SMILES string of the molecule is CC1C=C(C(CO)[NH2+]c2nc(Nc3ccc4c(c3)C(C)(C)OC4=O)ncc2-c2nnc(CCN3CCN(CC#Cc4ccc5c(c4)CN(C(C=O)CCC(N)=O)C5=O)CC3)o2)C=CC1. The van der Waals surface area contributed by atoms with Crippen LogP contribution < -0.4 is 16.4 Å². The van der Waals surface area contributed by atoms with Gasteiger partial charge < -0.3 is 39.9 Å². The lowest BCUT2D eigenvalue weighted by Gasteiger charge is -2.33. The number of primary amides is 1. The number of piperazine rings is 1. The first-order valence-corrected chi connectivity index (χ1v) is 21.7. The van der Waals surface area contributed by atoms with Gasteiger partial charge in [-0.15, -0.1) is 10.2 Å². The van der Waals surface area contributed by atoms with Crippen molar-refractivity contribution >= 4 is 41.5 Å². The summed E-state index contributed by atoms with van der Waals surface area (Å²) in [5.74, 6) is 7.38. The van der Waals surface area contributed by atoms with E-state index in [2.05, 4.69) is 61.2 Å². The summed E-state index contributed by atoms with van der Waals surface area (Å²) >= 11 is 0. The molecule has 2 amide bonds. The van der Waals surface area contributed by atoms with Crippen molar-refractivity contribution in [2.24, 2.45) is 11.7 Å². The molecule has 2 aromatic heterocycles. The van der Waals surface area contributed by atoms with Crippen LogP contribution in [0.3, 0.4) is 0 Å². The molecule has 4 aromatic rings. The molecule has 332 valence electrons. The number of benzene rings is 2. The molecule has 0 radical (unpaired) electrons. The monoisotopic (exact) mass is 869 g/mol. The van der Waals surface area contributed by atoms with E-state index in [-0.39, 0.29) is 49.8 Å². The molecule has 5 heterocycles. The number of nitrogens with two attached hydrogens (primary N) is 2. The first kappa shape index (κ1) is 44.0. The van der Waals surface area contributed by atoms with Gasteiger partial charge in [-0.2, -0.15) is 4.98 Å². The average molecular weight is 870 g/mol. The first-order chi connectivity index (χ1) is 30.9. The lowest BCUT2D eigenvalue weighted by molar-refractivity contribution is -0.606. The maximum atomic E-state index is 13.0. The fraction of sp³-hybridized carbons (Fsp3) is 0.404. The van der Waals surface area contributed by atoms with E-state index in [9.17, 15) is 24.3 Å². The molecule has 1 aliphatic carbocycles.